The predicted molar refractivity (Wildman–Crippen MR) is 116 cm³/mol. The number of fused-ring (bicyclic) bond motifs is 1. The van der Waals surface area contributed by atoms with Crippen LogP contribution >= 0.6 is 0 Å². The fourth-order valence-electron chi connectivity index (χ4n) is 4.77. The number of carbonyl (C=O) groups excluding carboxylic acids is 1. The van der Waals surface area contributed by atoms with Crippen molar-refractivity contribution in [1.29, 1.82) is 0 Å². The summed E-state index contributed by atoms with van der Waals surface area (Å²) in [6.45, 7) is 6.53. The van der Waals surface area contributed by atoms with Gasteiger partial charge in [0.15, 0.2) is 0 Å². The molecule has 2 aromatic rings. The van der Waals surface area contributed by atoms with Crippen molar-refractivity contribution in [3.05, 3.63) is 40.9 Å². The second-order valence-electron chi connectivity index (χ2n) is 9.10. The Kier molecular flexibility index (Phi) is 6.20. The smallest absolute Gasteiger partial charge is 0.261 e. The van der Waals surface area contributed by atoms with Crippen molar-refractivity contribution in [1.82, 2.24) is 19.4 Å². The van der Waals surface area contributed by atoms with Crippen LogP contribution in [0, 0.1) is 5.92 Å². The number of nitrogens with zero attached hydrogens (tertiary/aromatic N) is 4. The number of para-hydroxylation sites is 1. The van der Waals surface area contributed by atoms with Gasteiger partial charge in [0.05, 0.1) is 29.4 Å². The first-order chi connectivity index (χ1) is 14.4. The van der Waals surface area contributed by atoms with Gasteiger partial charge in [-0.05, 0) is 50.3 Å². The first kappa shape index (κ1) is 21.0. The van der Waals surface area contributed by atoms with E-state index in [2.05, 4.69) is 16.8 Å². The van der Waals surface area contributed by atoms with Gasteiger partial charge in [-0.15, -0.1) is 0 Å². The lowest BCUT2D eigenvalue weighted by Gasteiger charge is -2.39. The van der Waals surface area contributed by atoms with Crippen LogP contribution in [0.3, 0.4) is 0 Å². The van der Waals surface area contributed by atoms with Crippen LogP contribution in [-0.4, -0.2) is 68.7 Å². The van der Waals surface area contributed by atoms with Crippen LogP contribution in [0.2, 0.25) is 0 Å². The maximum absolute atomic E-state index is 12.7. The number of rotatable bonds is 5. The fraction of sp³-hybridized carbons (Fsp3) is 0.609. The van der Waals surface area contributed by atoms with Crippen LogP contribution in [0.25, 0.3) is 10.9 Å². The Hall–Kier alpha value is -2.25. The Balaban J connectivity index is 1.31. The van der Waals surface area contributed by atoms with E-state index in [0.717, 1.165) is 19.6 Å². The van der Waals surface area contributed by atoms with E-state index in [9.17, 15) is 14.7 Å². The molecule has 7 nitrogen and oxygen atoms in total. The molecular weight excluding hydrogens is 380 g/mol. The molecule has 1 N–H and O–H groups in total. The summed E-state index contributed by atoms with van der Waals surface area (Å²) in [6, 6.07) is 7.24. The third kappa shape index (κ3) is 4.73. The molecule has 0 bridgehead atoms. The van der Waals surface area contributed by atoms with Crippen molar-refractivity contribution in [2.24, 2.45) is 5.92 Å². The standard InChI is InChI=1S/C23H32N4O3/c1-18-5-4-11-25(15-18)12-8-21(28)26-13-9-23(30,10-14-26)16-27-17-24-20-7-3-2-6-19(20)22(27)29/h2-3,6-7,17-18,30H,4-5,8-16H2,1H3/t18-/m1/s1. The molecule has 0 saturated carbocycles. The minimum atomic E-state index is -0.993. The lowest BCUT2D eigenvalue weighted by Crippen LogP contribution is -2.50. The number of hydrogen-bond donors (Lipinski definition) is 1. The first-order valence-electron chi connectivity index (χ1n) is 11.1. The molecule has 1 aromatic carbocycles. The van der Waals surface area contributed by atoms with Crippen molar-refractivity contribution < 1.29 is 9.90 Å². The van der Waals surface area contributed by atoms with Gasteiger partial charge in [0.1, 0.15) is 0 Å². The van der Waals surface area contributed by atoms with Gasteiger partial charge < -0.3 is 14.9 Å². The zero-order chi connectivity index (χ0) is 21.1. The molecular formula is C23H32N4O3. The second kappa shape index (κ2) is 8.86. The first-order valence-corrected chi connectivity index (χ1v) is 11.1. The molecule has 4 rings (SSSR count). The highest BCUT2D eigenvalue weighted by atomic mass is 16.3. The molecule has 0 radical (unpaired) electrons. The Morgan fingerprint density at radius 1 is 1.23 bits per heavy atom. The van der Waals surface area contributed by atoms with E-state index in [1.165, 1.54) is 23.7 Å². The van der Waals surface area contributed by atoms with E-state index < -0.39 is 5.60 Å². The van der Waals surface area contributed by atoms with Gasteiger partial charge in [0, 0.05) is 32.6 Å². The van der Waals surface area contributed by atoms with E-state index in [-0.39, 0.29) is 18.0 Å². The highest BCUT2D eigenvalue weighted by Gasteiger charge is 2.34. The average molecular weight is 413 g/mol. The van der Waals surface area contributed by atoms with E-state index >= 15 is 0 Å². The molecule has 2 fully saturated rings. The molecule has 1 atom stereocenters. The predicted octanol–water partition coefficient (Wildman–Crippen LogP) is 1.87. The molecule has 0 spiro atoms. The molecule has 7 heteroatoms. The van der Waals surface area contributed by atoms with Gasteiger partial charge in [-0.2, -0.15) is 0 Å². The van der Waals surface area contributed by atoms with Crippen LogP contribution in [0.1, 0.15) is 39.0 Å². The van der Waals surface area contributed by atoms with Gasteiger partial charge in [0.25, 0.3) is 5.56 Å². The third-order valence-electron chi connectivity index (χ3n) is 6.63. The summed E-state index contributed by atoms with van der Waals surface area (Å²) >= 11 is 0. The largest absolute Gasteiger partial charge is 0.388 e. The number of likely N-dealkylation sites (tertiary alicyclic amines) is 2. The Morgan fingerprint density at radius 3 is 2.77 bits per heavy atom. The summed E-state index contributed by atoms with van der Waals surface area (Å²) in [5.74, 6) is 0.881. The number of piperidine rings is 2. The lowest BCUT2D eigenvalue weighted by atomic mass is 9.91. The normalized spacial score (nSPS) is 22.3. The second-order valence-corrected chi connectivity index (χ2v) is 9.10. The summed E-state index contributed by atoms with van der Waals surface area (Å²) in [5, 5.41) is 11.6. The molecule has 30 heavy (non-hydrogen) atoms. The Morgan fingerprint density at radius 2 is 2.00 bits per heavy atom. The third-order valence-corrected chi connectivity index (χ3v) is 6.63. The van der Waals surface area contributed by atoms with Crippen molar-refractivity contribution >= 4 is 16.8 Å². The zero-order valence-corrected chi connectivity index (χ0v) is 17.8. The molecule has 0 aliphatic carbocycles. The number of aliphatic hydroxyl groups is 1. The maximum atomic E-state index is 12.7. The molecule has 2 saturated heterocycles. The van der Waals surface area contributed by atoms with Gasteiger partial charge in [0.2, 0.25) is 5.91 Å². The van der Waals surface area contributed by atoms with E-state index in [4.69, 9.17) is 0 Å². The molecule has 2 aliphatic heterocycles. The van der Waals surface area contributed by atoms with Crippen molar-refractivity contribution in [2.45, 2.75) is 51.2 Å². The van der Waals surface area contributed by atoms with Gasteiger partial charge in [-0.3, -0.25) is 14.2 Å². The van der Waals surface area contributed by atoms with E-state index in [1.807, 2.05) is 23.1 Å². The molecule has 1 amide bonds. The molecule has 2 aliphatic rings. The van der Waals surface area contributed by atoms with Crippen molar-refractivity contribution in [3.63, 3.8) is 0 Å². The van der Waals surface area contributed by atoms with Crippen LogP contribution in [0.5, 0.6) is 0 Å². The van der Waals surface area contributed by atoms with Crippen LogP contribution < -0.4 is 5.56 Å². The minimum absolute atomic E-state index is 0.136. The van der Waals surface area contributed by atoms with E-state index in [1.54, 1.807) is 6.07 Å². The molecule has 1 aromatic heterocycles. The highest BCUT2D eigenvalue weighted by molar-refractivity contribution is 5.77. The van der Waals surface area contributed by atoms with Crippen molar-refractivity contribution in [3.8, 4) is 0 Å². The number of benzene rings is 1. The molecule has 3 heterocycles. The van der Waals surface area contributed by atoms with Crippen LogP contribution in [0.15, 0.2) is 35.4 Å². The quantitative estimate of drug-likeness (QED) is 0.811. The topological polar surface area (TPSA) is 78.7 Å². The number of amides is 1. The number of aromatic nitrogens is 2. The van der Waals surface area contributed by atoms with Crippen LogP contribution in [-0.2, 0) is 11.3 Å². The SMILES string of the molecule is C[C@@H]1CCCN(CCC(=O)N2CCC(O)(Cn3cnc4ccccc4c3=O)CC2)C1. The van der Waals surface area contributed by atoms with Crippen LogP contribution in [0.4, 0.5) is 0 Å². The summed E-state index contributed by atoms with van der Waals surface area (Å²) in [5.41, 5.74) is -0.468. The van der Waals surface area contributed by atoms with Gasteiger partial charge in [-0.1, -0.05) is 19.1 Å². The average Bonchev–Trinajstić information content (AvgIpc) is 2.75. The van der Waals surface area contributed by atoms with E-state index in [0.29, 0.717) is 49.2 Å². The molecule has 162 valence electrons. The maximum Gasteiger partial charge on any atom is 0.261 e. The highest BCUT2D eigenvalue weighted by Crippen LogP contribution is 2.24. The Bertz CT molecular complexity index is 949. The summed E-state index contributed by atoms with van der Waals surface area (Å²) in [4.78, 5) is 34.0. The monoisotopic (exact) mass is 412 g/mol. The summed E-state index contributed by atoms with van der Waals surface area (Å²) < 4.78 is 1.50. The Labute approximate surface area is 177 Å². The summed E-state index contributed by atoms with van der Waals surface area (Å²) in [6.07, 6.45) is 5.50. The molecule has 0 unspecified atom stereocenters. The van der Waals surface area contributed by atoms with Gasteiger partial charge in [-0.25, -0.2) is 4.98 Å². The lowest BCUT2D eigenvalue weighted by molar-refractivity contribution is -0.136. The fourth-order valence-corrected chi connectivity index (χ4v) is 4.77. The summed E-state index contributed by atoms with van der Waals surface area (Å²) in [7, 11) is 0. The number of carbonyl (C=O) groups is 1. The number of hydrogen-bond acceptors (Lipinski definition) is 5. The minimum Gasteiger partial charge on any atom is -0.388 e. The van der Waals surface area contributed by atoms with Gasteiger partial charge >= 0.3 is 0 Å². The zero-order valence-electron chi connectivity index (χ0n) is 17.8. The van der Waals surface area contributed by atoms with Crippen molar-refractivity contribution in [2.75, 3.05) is 32.7 Å².